The molecule has 0 spiro atoms. The van der Waals surface area contributed by atoms with Crippen molar-refractivity contribution in [3.63, 3.8) is 0 Å². The molecule has 0 heterocycles. The Morgan fingerprint density at radius 1 is 0.550 bits per heavy atom. The predicted octanol–water partition coefficient (Wildman–Crippen LogP) is 5.02. The van der Waals surface area contributed by atoms with Crippen molar-refractivity contribution in [3.8, 4) is 6.07 Å². The van der Waals surface area contributed by atoms with Crippen molar-refractivity contribution in [2.24, 2.45) is 0 Å². The number of nitrogens with zero attached hydrogens (tertiary/aromatic N) is 1. The monoisotopic (exact) mass is 253 g/mol. The molecule has 0 N–H and O–H groups in total. The highest BCUT2D eigenvalue weighted by molar-refractivity contribution is 6.04. The number of hydrogen-bond donors (Lipinski definition) is 0. The minimum absolute atomic E-state index is 0.706. The van der Waals surface area contributed by atoms with E-state index in [-0.39, 0.29) is 0 Å². The van der Waals surface area contributed by atoms with Gasteiger partial charge in [0.05, 0.1) is 11.6 Å². The first kappa shape index (κ1) is 11.0. The van der Waals surface area contributed by atoms with E-state index < -0.39 is 0 Å². The number of nitriles is 1. The molecule has 0 aromatic heterocycles. The van der Waals surface area contributed by atoms with Crippen LogP contribution in [-0.2, 0) is 0 Å². The maximum atomic E-state index is 9.00. The molecule has 0 aliphatic heterocycles. The molecule has 0 radical (unpaired) electrons. The zero-order chi connectivity index (χ0) is 13.5. The quantitative estimate of drug-likeness (QED) is 0.404. The summed E-state index contributed by atoms with van der Waals surface area (Å²) in [6.45, 7) is 0. The fourth-order valence-corrected chi connectivity index (χ4v) is 2.76. The van der Waals surface area contributed by atoms with Crippen molar-refractivity contribution in [1.82, 2.24) is 0 Å². The zero-order valence-electron chi connectivity index (χ0n) is 10.8. The fourth-order valence-electron chi connectivity index (χ4n) is 2.76. The summed E-state index contributed by atoms with van der Waals surface area (Å²) < 4.78 is 0. The van der Waals surface area contributed by atoms with Crippen LogP contribution in [0, 0.1) is 11.3 Å². The molecule has 0 aliphatic rings. The van der Waals surface area contributed by atoms with Gasteiger partial charge in [0, 0.05) is 0 Å². The molecule has 0 unspecified atom stereocenters. The highest BCUT2D eigenvalue weighted by Crippen LogP contribution is 2.27. The van der Waals surface area contributed by atoms with E-state index in [0.717, 1.165) is 5.39 Å². The van der Waals surface area contributed by atoms with E-state index in [4.69, 9.17) is 5.26 Å². The van der Waals surface area contributed by atoms with Crippen molar-refractivity contribution in [1.29, 1.82) is 5.26 Å². The molecule has 0 atom stereocenters. The Balaban J connectivity index is 2.13. The maximum absolute atomic E-state index is 9.00. The summed E-state index contributed by atoms with van der Waals surface area (Å²) in [6.07, 6.45) is 0. The maximum Gasteiger partial charge on any atom is 0.0991 e. The second-order valence-corrected chi connectivity index (χ2v) is 5.07. The van der Waals surface area contributed by atoms with Crippen LogP contribution in [0.1, 0.15) is 5.56 Å². The minimum atomic E-state index is 0.706. The normalized spacial score (nSPS) is 10.9. The van der Waals surface area contributed by atoms with E-state index in [9.17, 15) is 0 Å². The molecule has 4 rings (SSSR count). The lowest BCUT2D eigenvalue weighted by Crippen LogP contribution is -1.80. The summed E-state index contributed by atoms with van der Waals surface area (Å²) in [5, 5.41) is 16.2. The van der Waals surface area contributed by atoms with E-state index >= 15 is 0 Å². The lowest BCUT2D eigenvalue weighted by molar-refractivity contribution is 1.50. The van der Waals surface area contributed by atoms with Gasteiger partial charge in [0.2, 0.25) is 0 Å². The summed E-state index contributed by atoms with van der Waals surface area (Å²) >= 11 is 0. The summed E-state index contributed by atoms with van der Waals surface area (Å²) in [5.41, 5.74) is 0.706. The van der Waals surface area contributed by atoms with Crippen LogP contribution in [0.2, 0.25) is 0 Å². The molecule has 0 bridgehead atoms. The molecule has 4 aromatic rings. The van der Waals surface area contributed by atoms with E-state index in [1.807, 2.05) is 18.2 Å². The highest BCUT2D eigenvalue weighted by atomic mass is 14.2. The van der Waals surface area contributed by atoms with Gasteiger partial charge >= 0.3 is 0 Å². The largest absolute Gasteiger partial charge is 0.192 e. The number of benzene rings is 4. The van der Waals surface area contributed by atoms with Crippen molar-refractivity contribution in [2.75, 3.05) is 0 Å². The highest BCUT2D eigenvalue weighted by Gasteiger charge is 2.01. The van der Waals surface area contributed by atoms with Crippen molar-refractivity contribution in [3.05, 3.63) is 72.3 Å². The van der Waals surface area contributed by atoms with Gasteiger partial charge in [0.25, 0.3) is 0 Å². The molecular formula is C19H11N. The minimum Gasteiger partial charge on any atom is -0.192 e. The van der Waals surface area contributed by atoms with E-state index in [0.29, 0.717) is 5.56 Å². The van der Waals surface area contributed by atoms with Gasteiger partial charge in [-0.15, -0.1) is 0 Å². The van der Waals surface area contributed by atoms with Crippen LogP contribution in [-0.4, -0.2) is 0 Å². The molecule has 0 saturated carbocycles. The Morgan fingerprint density at radius 2 is 1.05 bits per heavy atom. The van der Waals surface area contributed by atoms with Gasteiger partial charge in [0.1, 0.15) is 0 Å². The van der Waals surface area contributed by atoms with E-state index in [1.165, 1.54) is 26.9 Å². The standard InChI is InChI=1S/C19H11N/c20-12-13-5-6-16-10-18-8-14-3-1-2-4-15(14)9-19(18)11-17(16)7-13/h1-11H. The molecule has 0 amide bonds. The van der Waals surface area contributed by atoms with Crippen LogP contribution in [0.5, 0.6) is 0 Å². The van der Waals surface area contributed by atoms with Crippen LogP contribution < -0.4 is 0 Å². The molecule has 4 aromatic carbocycles. The summed E-state index contributed by atoms with van der Waals surface area (Å²) in [7, 11) is 0. The van der Waals surface area contributed by atoms with Gasteiger partial charge in [-0.25, -0.2) is 0 Å². The van der Waals surface area contributed by atoms with E-state index in [1.54, 1.807) is 0 Å². The van der Waals surface area contributed by atoms with Crippen LogP contribution in [0.3, 0.4) is 0 Å². The average Bonchev–Trinajstić information content (AvgIpc) is 2.50. The zero-order valence-corrected chi connectivity index (χ0v) is 10.8. The molecule has 92 valence electrons. The predicted molar refractivity (Wildman–Crippen MR) is 83.7 cm³/mol. The number of hydrogen-bond acceptors (Lipinski definition) is 1. The van der Waals surface area contributed by atoms with Crippen LogP contribution in [0.4, 0.5) is 0 Å². The molecule has 0 saturated heterocycles. The molecular weight excluding hydrogens is 242 g/mol. The van der Waals surface area contributed by atoms with Gasteiger partial charge in [-0.3, -0.25) is 0 Å². The SMILES string of the molecule is N#Cc1ccc2cc3cc4ccccc4cc3cc2c1. The Bertz CT molecular complexity index is 1010. The molecule has 0 aliphatic carbocycles. The second-order valence-electron chi connectivity index (χ2n) is 5.07. The van der Waals surface area contributed by atoms with Crippen molar-refractivity contribution < 1.29 is 0 Å². The third kappa shape index (κ3) is 1.63. The van der Waals surface area contributed by atoms with Gasteiger partial charge in [-0.2, -0.15) is 5.26 Å². The smallest absolute Gasteiger partial charge is 0.0991 e. The van der Waals surface area contributed by atoms with Crippen LogP contribution in [0.15, 0.2) is 66.7 Å². The summed E-state index contributed by atoms with van der Waals surface area (Å²) in [6, 6.07) is 25.2. The third-order valence-corrected chi connectivity index (χ3v) is 3.79. The Morgan fingerprint density at radius 3 is 1.65 bits per heavy atom. The first-order chi connectivity index (χ1) is 9.83. The first-order valence-electron chi connectivity index (χ1n) is 6.60. The third-order valence-electron chi connectivity index (χ3n) is 3.79. The molecule has 0 fully saturated rings. The van der Waals surface area contributed by atoms with E-state index in [2.05, 4.69) is 54.6 Å². The molecule has 1 heteroatoms. The lowest BCUT2D eigenvalue weighted by atomic mass is 9.99. The summed E-state index contributed by atoms with van der Waals surface area (Å²) in [4.78, 5) is 0. The second kappa shape index (κ2) is 4.08. The van der Waals surface area contributed by atoms with Crippen LogP contribution in [0.25, 0.3) is 32.3 Å². The Labute approximate surface area is 116 Å². The average molecular weight is 253 g/mol. The Hall–Kier alpha value is -2.85. The van der Waals surface area contributed by atoms with Crippen molar-refractivity contribution >= 4 is 32.3 Å². The lowest BCUT2D eigenvalue weighted by Gasteiger charge is -2.05. The number of rotatable bonds is 0. The molecule has 1 nitrogen and oxygen atoms in total. The van der Waals surface area contributed by atoms with Gasteiger partial charge in [0.15, 0.2) is 0 Å². The summed E-state index contributed by atoms with van der Waals surface area (Å²) in [5.74, 6) is 0. The van der Waals surface area contributed by atoms with Gasteiger partial charge in [-0.05, 0) is 68.7 Å². The first-order valence-corrected chi connectivity index (χ1v) is 6.60. The van der Waals surface area contributed by atoms with Crippen molar-refractivity contribution in [2.45, 2.75) is 0 Å². The topological polar surface area (TPSA) is 23.8 Å². The fraction of sp³-hybridized carbons (Fsp3) is 0. The number of fused-ring (bicyclic) bond motifs is 3. The van der Waals surface area contributed by atoms with Gasteiger partial charge in [-0.1, -0.05) is 30.3 Å². The van der Waals surface area contributed by atoms with Crippen LogP contribution >= 0.6 is 0 Å². The molecule has 20 heavy (non-hydrogen) atoms. The van der Waals surface area contributed by atoms with Gasteiger partial charge < -0.3 is 0 Å². The Kier molecular flexibility index (Phi) is 2.25.